The Labute approximate surface area is 73.4 Å². The van der Waals surface area contributed by atoms with Crippen LogP contribution in [0.2, 0.25) is 0 Å². The van der Waals surface area contributed by atoms with E-state index in [1.807, 2.05) is 0 Å². The van der Waals surface area contributed by atoms with Crippen LogP contribution in [-0.2, 0) is 0 Å². The zero-order valence-corrected chi connectivity index (χ0v) is 7.10. The number of rotatable bonds is 1. The molecule has 0 saturated carbocycles. The summed E-state index contributed by atoms with van der Waals surface area (Å²) in [6, 6.07) is 0. The summed E-state index contributed by atoms with van der Waals surface area (Å²) in [7, 11) is 0. The summed E-state index contributed by atoms with van der Waals surface area (Å²) in [6.45, 7) is 0. The van der Waals surface area contributed by atoms with Gasteiger partial charge in [0.05, 0.1) is 0 Å². The number of hydrogen-bond donors (Lipinski definition) is 0. The second kappa shape index (κ2) is 3.59. The van der Waals surface area contributed by atoms with Crippen LogP contribution in [0.15, 0.2) is 47.6 Å². The minimum atomic E-state index is 0. The average molecular weight is 167 g/mol. The van der Waals surface area contributed by atoms with Crippen molar-refractivity contribution >= 4 is 12.4 Å². The molecule has 1 heteroatoms. The largest absolute Gasteiger partial charge is 0.147 e. The predicted octanol–water partition coefficient (Wildman–Crippen LogP) is 3.18. The van der Waals surface area contributed by atoms with Crippen LogP contribution in [0.4, 0.5) is 0 Å². The predicted molar refractivity (Wildman–Crippen MR) is 50.9 cm³/mol. The first-order chi connectivity index (χ1) is 4.97. The molecule has 0 saturated heterocycles. The zero-order valence-electron chi connectivity index (χ0n) is 6.29. The van der Waals surface area contributed by atoms with Crippen LogP contribution in [0.5, 0.6) is 0 Å². The van der Waals surface area contributed by atoms with Gasteiger partial charge in [-0.2, -0.15) is 0 Å². The number of hydrogen-bond acceptors (Lipinski definition) is 0. The minimum Gasteiger partial charge on any atom is -0.147 e. The van der Waals surface area contributed by atoms with Gasteiger partial charge in [-0.05, 0) is 24.0 Å². The molecule has 2 aliphatic rings. The molecule has 0 heterocycles. The van der Waals surface area contributed by atoms with Crippen LogP contribution in [-0.4, -0.2) is 0 Å². The highest BCUT2D eigenvalue weighted by Crippen LogP contribution is 2.25. The molecule has 0 aromatic rings. The lowest BCUT2D eigenvalue weighted by atomic mass is 10.1. The summed E-state index contributed by atoms with van der Waals surface area (Å²) in [5.41, 5.74) is 2.98. The molecule has 0 atom stereocenters. The molecule has 0 N–H and O–H groups in total. The van der Waals surface area contributed by atoms with E-state index in [0.29, 0.717) is 0 Å². The minimum absolute atomic E-state index is 0. The molecule has 0 aromatic heterocycles. The maximum atomic E-state index is 2.21. The quantitative estimate of drug-likeness (QED) is 0.562. The van der Waals surface area contributed by atoms with E-state index in [4.69, 9.17) is 0 Å². The van der Waals surface area contributed by atoms with Gasteiger partial charge in [0.1, 0.15) is 0 Å². The fraction of sp³-hybridized carbons (Fsp3) is 0.200. The lowest BCUT2D eigenvalue weighted by molar-refractivity contribution is 1.18. The van der Waals surface area contributed by atoms with Crippen molar-refractivity contribution in [1.82, 2.24) is 0 Å². The van der Waals surface area contributed by atoms with Crippen molar-refractivity contribution in [3.8, 4) is 0 Å². The molecule has 11 heavy (non-hydrogen) atoms. The third kappa shape index (κ3) is 1.63. The van der Waals surface area contributed by atoms with E-state index in [2.05, 4.69) is 36.5 Å². The second-order valence-corrected chi connectivity index (χ2v) is 2.65. The fourth-order valence-corrected chi connectivity index (χ4v) is 1.37. The molecule has 0 amide bonds. The number of allylic oxidation sites excluding steroid dienone is 8. The molecule has 2 aliphatic carbocycles. The molecular weight excluding hydrogens is 156 g/mol. The Morgan fingerprint density at radius 1 is 0.818 bits per heavy atom. The van der Waals surface area contributed by atoms with Gasteiger partial charge in [0.15, 0.2) is 0 Å². The molecule has 0 nitrogen and oxygen atoms in total. The summed E-state index contributed by atoms with van der Waals surface area (Å²) < 4.78 is 0. The first-order valence-corrected chi connectivity index (χ1v) is 3.68. The lowest BCUT2D eigenvalue weighted by Crippen LogP contribution is -1.80. The molecule has 58 valence electrons. The summed E-state index contributed by atoms with van der Waals surface area (Å²) in [4.78, 5) is 0. The Balaban J connectivity index is 0.000000605. The Morgan fingerprint density at radius 2 is 1.27 bits per heavy atom. The Kier molecular flexibility index (Phi) is 2.72. The van der Waals surface area contributed by atoms with Crippen LogP contribution in [0.1, 0.15) is 12.8 Å². The van der Waals surface area contributed by atoms with Crippen molar-refractivity contribution in [2.75, 3.05) is 0 Å². The molecule has 2 rings (SSSR count). The van der Waals surface area contributed by atoms with Crippen molar-refractivity contribution in [2.45, 2.75) is 12.8 Å². The molecule has 0 aromatic carbocycles. The zero-order chi connectivity index (χ0) is 6.81. The smallest absolute Gasteiger partial charge is 0.00915 e. The monoisotopic (exact) mass is 166 g/mol. The second-order valence-electron chi connectivity index (χ2n) is 2.65. The molecule has 0 bridgehead atoms. The van der Waals surface area contributed by atoms with E-state index in [9.17, 15) is 0 Å². The first-order valence-electron chi connectivity index (χ1n) is 3.68. The van der Waals surface area contributed by atoms with Gasteiger partial charge >= 0.3 is 0 Å². The fourth-order valence-electron chi connectivity index (χ4n) is 1.37. The molecule has 0 spiro atoms. The molecular formula is C10H11Cl. The van der Waals surface area contributed by atoms with Crippen molar-refractivity contribution in [2.24, 2.45) is 0 Å². The van der Waals surface area contributed by atoms with E-state index >= 15 is 0 Å². The van der Waals surface area contributed by atoms with E-state index < -0.39 is 0 Å². The van der Waals surface area contributed by atoms with Crippen molar-refractivity contribution in [3.05, 3.63) is 47.6 Å². The Morgan fingerprint density at radius 3 is 1.55 bits per heavy atom. The van der Waals surface area contributed by atoms with Gasteiger partial charge in [-0.25, -0.2) is 0 Å². The lowest BCUT2D eigenvalue weighted by Gasteiger charge is -1.99. The average Bonchev–Trinajstić information content (AvgIpc) is 2.59. The highest BCUT2D eigenvalue weighted by molar-refractivity contribution is 5.85. The summed E-state index contributed by atoms with van der Waals surface area (Å²) in [5.74, 6) is 0. The van der Waals surface area contributed by atoms with Gasteiger partial charge in [-0.1, -0.05) is 36.5 Å². The summed E-state index contributed by atoms with van der Waals surface area (Å²) >= 11 is 0. The van der Waals surface area contributed by atoms with Crippen LogP contribution in [0.25, 0.3) is 0 Å². The maximum Gasteiger partial charge on any atom is -0.00915 e. The molecule has 0 radical (unpaired) electrons. The van der Waals surface area contributed by atoms with Gasteiger partial charge < -0.3 is 0 Å². The van der Waals surface area contributed by atoms with Crippen LogP contribution >= 0.6 is 12.4 Å². The van der Waals surface area contributed by atoms with Gasteiger partial charge in [0.25, 0.3) is 0 Å². The SMILES string of the molecule is C1=CCC(C2=CC=CC2)=C1.Cl. The van der Waals surface area contributed by atoms with Crippen molar-refractivity contribution in [3.63, 3.8) is 0 Å². The van der Waals surface area contributed by atoms with E-state index in [-0.39, 0.29) is 12.4 Å². The molecule has 0 fully saturated rings. The highest BCUT2D eigenvalue weighted by Gasteiger charge is 2.05. The molecule has 0 aliphatic heterocycles. The van der Waals surface area contributed by atoms with Gasteiger partial charge in [-0.3, -0.25) is 0 Å². The van der Waals surface area contributed by atoms with E-state index in [0.717, 1.165) is 12.8 Å². The topological polar surface area (TPSA) is 0 Å². The maximum absolute atomic E-state index is 2.21. The third-order valence-electron chi connectivity index (χ3n) is 1.95. The number of halogens is 1. The van der Waals surface area contributed by atoms with E-state index in [1.54, 1.807) is 0 Å². The Hall–Kier alpha value is -0.750. The van der Waals surface area contributed by atoms with Crippen LogP contribution in [0, 0.1) is 0 Å². The summed E-state index contributed by atoms with van der Waals surface area (Å²) in [6.07, 6.45) is 15.4. The third-order valence-corrected chi connectivity index (χ3v) is 1.95. The van der Waals surface area contributed by atoms with Crippen LogP contribution < -0.4 is 0 Å². The van der Waals surface area contributed by atoms with Crippen molar-refractivity contribution in [1.29, 1.82) is 0 Å². The van der Waals surface area contributed by atoms with Gasteiger partial charge in [0.2, 0.25) is 0 Å². The van der Waals surface area contributed by atoms with E-state index in [1.165, 1.54) is 11.1 Å². The standard InChI is InChI=1S/C10H10.ClH/c1-2-6-9(5-1)10-7-3-4-8-10;/h1-5,7H,6,8H2;1H. The summed E-state index contributed by atoms with van der Waals surface area (Å²) in [5, 5.41) is 0. The Bertz CT molecular complexity index is 226. The first kappa shape index (κ1) is 8.35. The van der Waals surface area contributed by atoms with Gasteiger partial charge in [0, 0.05) is 0 Å². The van der Waals surface area contributed by atoms with Crippen molar-refractivity contribution < 1.29 is 0 Å². The highest BCUT2D eigenvalue weighted by atomic mass is 35.5. The molecule has 0 unspecified atom stereocenters. The van der Waals surface area contributed by atoms with Gasteiger partial charge in [-0.15, -0.1) is 12.4 Å². The van der Waals surface area contributed by atoms with Crippen LogP contribution in [0.3, 0.4) is 0 Å². The normalized spacial score (nSPS) is 19.6.